The summed E-state index contributed by atoms with van der Waals surface area (Å²) in [7, 11) is 0. The molecule has 1 saturated carbocycles. The van der Waals surface area contributed by atoms with Gasteiger partial charge in [0.05, 0.1) is 17.8 Å². The van der Waals surface area contributed by atoms with Crippen LogP contribution >= 0.6 is 0 Å². The van der Waals surface area contributed by atoms with Gasteiger partial charge in [0.15, 0.2) is 17.1 Å². The summed E-state index contributed by atoms with van der Waals surface area (Å²) >= 11 is 0. The number of hydrogen-bond donors (Lipinski definition) is 7. The summed E-state index contributed by atoms with van der Waals surface area (Å²) < 4.78 is 15.1. The normalized spacial score (nSPS) is 25.8. The van der Waals surface area contributed by atoms with E-state index in [0.717, 1.165) is 12.5 Å². The molecule has 11 nitrogen and oxygen atoms in total. The van der Waals surface area contributed by atoms with Crippen LogP contribution in [-0.2, 0) is 25.6 Å². The highest BCUT2D eigenvalue weighted by Crippen LogP contribution is 2.53. The van der Waals surface area contributed by atoms with Crippen LogP contribution in [-0.4, -0.2) is 62.0 Å². The lowest BCUT2D eigenvalue weighted by Crippen LogP contribution is -2.58. The lowest BCUT2D eigenvalue weighted by atomic mass is 9.59. The first-order chi connectivity index (χ1) is 17.3. The van der Waals surface area contributed by atoms with E-state index in [2.05, 4.69) is 10.6 Å². The van der Waals surface area contributed by atoms with Crippen molar-refractivity contribution in [3.8, 4) is 5.75 Å². The molecule has 1 aromatic carbocycles. The second-order valence-corrected chi connectivity index (χ2v) is 9.75. The summed E-state index contributed by atoms with van der Waals surface area (Å²) in [5, 5.41) is 49.0. The zero-order valence-electron chi connectivity index (χ0n) is 20.2. The number of phenols is 1. The molecular weight excluding hydrogens is 489 g/mol. The third-order valence-electron chi connectivity index (χ3n) is 7.51. The number of nitrogens with two attached hydrogens (primary N) is 1. The Kier molecular flexibility index (Phi) is 6.59. The van der Waals surface area contributed by atoms with E-state index in [1.165, 1.54) is 0 Å². The zero-order chi connectivity index (χ0) is 27.4. The van der Waals surface area contributed by atoms with E-state index in [9.17, 15) is 39.6 Å². The Morgan fingerprint density at radius 2 is 1.92 bits per heavy atom. The number of anilines is 1. The van der Waals surface area contributed by atoms with Crippen LogP contribution in [0.1, 0.15) is 44.2 Å². The predicted molar refractivity (Wildman–Crippen MR) is 128 cm³/mol. The average Bonchev–Trinajstić information content (AvgIpc) is 2.82. The van der Waals surface area contributed by atoms with Gasteiger partial charge >= 0.3 is 0 Å². The number of fused-ring (bicyclic) bond motifs is 3. The zero-order valence-corrected chi connectivity index (χ0v) is 20.2. The van der Waals surface area contributed by atoms with Gasteiger partial charge in [-0.1, -0.05) is 6.92 Å². The minimum absolute atomic E-state index is 0.0351. The molecule has 1 aromatic rings. The standard InChI is InChI=1S/C25H28FN3O8/c1-3-9(2)28-8-16(31)29-14-7-13(26)12-5-10-4-11-6-15(30)19(24(27)36)23(35)25(11,37)22(34)17(10)21(33)18(12)20(14)32/h7,9-11,28,32-33,35,37H,3-6,8H2,1-2H3,(H2,27,36)(H,29,31)/t9-,10?,11-,25-/m0/s1. The van der Waals surface area contributed by atoms with E-state index in [-0.39, 0.29) is 36.7 Å². The van der Waals surface area contributed by atoms with Crippen molar-refractivity contribution in [1.82, 2.24) is 5.32 Å². The summed E-state index contributed by atoms with van der Waals surface area (Å²) in [5.74, 6) is -9.49. The molecule has 0 heterocycles. The fraction of sp³-hybridized carbons (Fsp3) is 0.440. The molecule has 0 saturated heterocycles. The van der Waals surface area contributed by atoms with E-state index >= 15 is 4.39 Å². The number of aliphatic hydroxyl groups is 3. The Morgan fingerprint density at radius 1 is 1.24 bits per heavy atom. The molecule has 1 fully saturated rings. The van der Waals surface area contributed by atoms with Gasteiger partial charge in [-0.15, -0.1) is 0 Å². The van der Waals surface area contributed by atoms with Gasteiger partial charge in [0.25, 0.3) is 5.91 Å². The van der Waals surface area contributed by atoms with E-state index in [4.69, 9.17) is 5.73 Å². The molecule has 1 unspecified atom stereocenters. The first-order valence-electron chi connectivity index (χ1n) is 11.9. The Morgan fingerprint density at radius 3 is 2.54 bits per heavy atom. The van der Waals surface area contributed by atoms with Crippen LogP contribution in [0, 0.1) is 17.7 Å². The number of phenolic OH excluding ortho intramolecular Hbond substituents is 1. The summed E-state index contributed by atoms with van der Waals surface area (Å²) in [4.78, 5) is 49.9. The Balaban J connectivity index is 1.77. The molecule has 3 aliphatic carbocycles. The average molecular weight is 518 g/mol. The van der Waals surface area contributed by atoms with Crippen molar-refractivity contribution in [1.29, 1.82) is 0 Å². The van der Waals surface area contributed by atoms with Crippen molar-refractivity contribution < 1.29 is 44.0 Å². The molecule has 0 spiro atoms. The minimum atomic E-state index is -2.71. The predicted octanol–water partition coefficient (Wildman–Crippen LogP) is 0.890. The van der Waals surface area contributed by atoms with Gasteiger partial charge < -0.3 is 36.8 Å². The van der Waals surface area contributed by atoms with Crippen LogP contribution < -0.4 is 16.4 Å². The second kappa shape index (κ2) is 9.27. The summed E-state index contributed by atoms with van der Waals surface area (Å²) in [6.07, 6.45) is 0.0154. The van der Waals surface area contributed by atoms with E-state index in [1.807, 2.05) is 13.8 Å². The molecule has 198 valence electrons. The largest absolute Gasteiger partial charge is 0.508 e. The van der Waals surface area contributed by atoms with Crippen molar-refractivity contribution in [3.05, 3.63) is 39.9 Å². The number of ketones is 2. The smallest absolute Gasteiger partial charge is 0.255 e. The number of aliphatic hydroxyl groups excluding tert-OH is 2. The Labute approximate surface area is 210 Å². The van der Waals surface area contributed by atoms with E-state index < -0.39 is 87.0 Å². The number of carbonyl (C=O) groups excluding carboxylic acids is 4. The van der Waals surface area contributed by atoms with Crippen molar-refractivity contribution in [3.63, 3.8) is 0 Å². The van der Waals surface area contributed by atoms with Gasteiger partial charge in [-0.3, -0.25) is 19.2 Å². The molecule has 2 amide bonds. The Hall–Kier alpha value is -3.77. The maximum atomic E-state index is 15.1. The van der Waals surface area contributed by atoms with Crippen molar-refractivity contribution in [2.45, 2.75) is 51.2 Å². The summed E-state index contributed by atoms with van der Waals surface area (Å²) in [6.45, 7) is 3.66. The van der Waals surface area contributed by atoms with Crippen LogP contribution in [0.15, 0.2) is 23.0 Å². The molecule has 4 atom stereocenters. The van der Waals surface area contributed by atoms with Crippen molar-refractivity contribution in [2.24, 2.45) is 17.6 Å². The molecule has 0 radical (unpaired) electrons. The molecule has 3 aliphatic rings. The fourth-order valence-electron chi connectivity index (χ4n) is 5.34. The molecule has 4 rings (SSSR count). The van der Waals surface area contributed by atoms with Crippen LogP contribution in [0.4, 0.5) is 10.1 Å². The number of benzene rings is 1. The molecule has 12 heteroatoms. The highest BCUT2D eigenvalue weighted by atomic mass is 19.1. The SMILES string of the molecule is CC[C@H](C)NCC(=O)Nc1cc(F)c2c(c1O)C(O)=C1C(=O)[C@]3(O)C(O)=C(C(N)=O)C(=O)C[C@@H]3CC1C2. The van der Waals surface area contributed by atoms with Crippen molar-refractivity contribution in [2.75, 3.05) is 11.9 Å². The van der Waals surface area contributed by atoms with Crippen LogP contribution in [0.2, 0.25) is 0 Å². The number of hydrogen-bond acceptors (Lipinski definition) is 9. The van der Waals surface area contributed by atoms with Gasteiger partial charge in [0.2, 0.25) is 11.7 Å². The maximum Gasteiger partial charge on any atom is 0.255 e. The number of primary amides is 1. The first-order valence-corrected chi connectivity index (χ1v) is 11.9. The van der Waals surface area contributed by atoms with Gasteiger partial charge in [-0.2, -0.15) is 0 Å². The van der Waals surface area contributed by atoms with Gasteiger partial charge in [0, 0.05) is 35.6 Å². The molecule has 37 heavy (non-hydrogen) atoms. The molecule has 0 aliphatic heterocycles. The first kappa shape index (κ1) is 26.3. The molecule has 0 aromatic heterocycles. The third-order valence-corrected chi connectivity index (χ3v) is 7.51. The monoisotopic (exact) mass is 517 g/mol. The van der Waals surface area contributed by atoms with Gasteiger partial charge in [0.1, 0.15) is 22.9 Å². The van der Waals surface area contributed by atoms with E-state index in [0.29, 0.717) is 0 Å². The van der Waals surface area contributed by atoms with Gasteiger partial charge in [-0.05, 0) is 32.1 Å². The highest BCUT2D eigenvalue weighted by Gasteiger charge is 2.60. The van der Waals surface area contributed by atoms with Crippen molar-refractivity contribution >= 4 is 34.8 Å². The van der Waals surface area contributed by atoms with Crippen LogP contribution in [0.25, 0.3) is 5.76 Å². The number of halogens is 1. The number of nitrogens with one attached hydrogen (secondary N) is 2. The number of aromatic hydroxyl groups is 1. The van der Waals surface area contributed by atoms with E-state index in [1.54, 1.807) is 0 Å². The number of amides is 2. The number of Topliss-reactive ketones (excluding diaryl/α,β-unsaturated/α-hetero) is 2. The van der Waals surface area contributed by atoms with Gasteiger partial charge in [-0.25, -0.2) is 4.39 Å². The minimum Gasteiger partial charge on any atom is -0.508 e. The number of carbonyl (C=O) groups is 4. The maximum absolute atomic E-state index is 15.1. The quantitative estimate of drug-likeness (QED) is 0.211. The van der Waals surface area contributed by atoms with Crippen LogP contribution in [0.5, 0.6) is 5.75 Å². The number of rotatable bonds is 6. The molecule has 0 bridgehead atoms. The summed E-state index contributed by atoms with van der Waals surface area (Å²) in [5.41, 5.74) is 0.277. The highest BCUT2D eigenvalue weighted by molar-refractivity contribution is 6.22. The lowest BCUT2D eigenvalue weighted by Gasteiger charge is -2.46. The molecular formula is C25H28FN3O8. The Bertz CT molecular complexity index is 1300. The fourth-order valence-corrected chi connectivity index (χ4v) is 5.34. The van der Waals surface area contributed by atoms with Crippen LogP contribution in [0.3, 0.4) is 0 Å². The second-order valence-electron chi connectivity index (χ2n) is 9.75. The lowest BCUT2D eigenvalue weighted by molar-refractivity contribution is -0.147. The topological polar surface area (TPSA) is 199 Å². The third kappa shape index (κ3) is 4.05. The summed E-state index contributed by atoms with van der Waals surface area (Å²) in [6, 6.07) is 0.944. The molecule has 8 N–H and O–H groups in total.